The summed E-state index contributed by atoms with van der Waals surface area (Å²) in [6.45, 7) is 4.51. The Morgan fingerprint density at radius 1 is 0.636 bits per heavy atom. The lowest BCUT2D eigenvalue weighted by Gasteiger charge is -2.17. The highest BCUT2D eigenvalue weighted by molar-refractivity contribution is 7.80. The third-order valence-electron chi connectivity index (χ3n) is 8.84. The molecule has 0 bridgehead atoms. The van der Waals surface area contributed by atoms with E-state index >= 15 is 0 Å². The molecule has 5 N–H and O–H groups in total. The predicted octanol–water partition coefficient (Wildman–Crippen LogP) is 9.46. The van der Waals surface area contributed by atoms with E-state index in [9.17, 15) is 0 Å². The number of rotatable bonds is 25. The van der Waals surface area contributed by atoms with Gasteiger partial charge in [-0.05, 0) is 113 Å². The average molecular weight is 622 g/mol. The Hall–Kier alpha value is -2.28. The van der Waals surface area contributed by atoms with Crippen LogP contribution in [0.3, 0.4) is 0 Å². The molecule has 2 aromatic carbocycles. The van der Waals surface area contributed by atoms with Crippen LogP contribution in [-0.2, 0) is 12.8 Å². The molecule has 0 aromatic heterocycles. The molecule has 2 aromatic rings. The monoisotopic (exact) mass is 621 g/mol. The van der Waals surface area contributed by atoms with Crippen molar-refractivity contribution >= 4 is 23.0 Å². The normalized spacial score (nSPS) is 12.5. The summed E-state index contributed by atoms with van der Waals surface area (Å²) in [6, 6.07) is 19.4. The molecule has 0 heterocycles. The maximum Gasteiger partial charge on any atom is 0.184 e. The maximum absolute atomic E-state index is 5.67. The van der Waals surface area contributed by atoms with Gasteiger partial charge in [0, 0.05) is 17.8 Å². The first-order chi connectivity index (χ1) is 21.5. The molecule has 6 heteroatoms. The zero-order valence-corrected chi connectivity index (χ0v) is 29.3. The van der Waals surface area contributed by atoms with Crippen LogP contribution >= 0.6 is 12.2 Å². The lowest BCUT2D eigenvalue weighted by Crippen LogP contribution is -2.25. The van der Waals surface area contributed by atoms with Crippen molar-refractivity contribution in [3.63, 3.8) is 0 Å². The van der Waals surface area contributed by atoms with Crippen molar-refractivity contribution < 1.29 is 0 Å². The number of unbranched alkanes of at least 4 members (excludes halogenated alkanes) is 8. The topological polar surface area (TPSA) is 74.5 Å². The third-order valence-corrected chi connectivity index (χ3v) is 8.93. The first-order valence-electron chi connectivity index (χ1n) is 17.6. The molecule has 0 aliphatic carbocycles. The van der Waals surface area contributed by atoms with Gasteiger partial charge >= 0.3 is 0 Å². The van der Waals surface area contributed by atoms with Crippen LogP contribution < -0.4 is 21.8 Å². The van der Waals surface area contributed by atoms with E-state index in [-0.39, 0.29) is 5.11 Å². The van der Waals surface area contributed by atoms with Gasteiger partial charge in [0.1, 0.15) is 0 Å². The van der Waals surface area contributed by atoms with Crippen molar-refractivity contribution in [2.24, 2.45) is 10.8 Å². The summed E-state index contributed by atoms with van der Waals surface area (Å²) in [6.07, 6.45) is 21.5. The van der Waals surface area contributed by atoms with Gasteiger partial charge in [-0.15, -0.1) is 0 Å². The minimum atomic E-state index is 0.246. The third kappa shape index (κ3) is 16.2. The zero-order chi connectivity index (χ0) is 31.8. The van der Waals surface area contributed by atoms with Gasteiger partial charge in [-0.25, -0.2) is 0 Å². The van der Waals surface area contributed by atoms with Crippen LogP contribution in [0.25, 0.3) is 0 Å². The summed E-state index contributed by atoms with van der Waals surface area (Å²) in [5.74, 6) is 0. The van der Waals surface area contributed by atoms with E-state index in [1.54, 1.807) is 0 Å². The number of benzene rings is 2. The number of hydrazone groups is 1. The van der Waals surface area contributed by atoms with E-state index in [1.165, 1.54) is 118 Å². The van der Waals surface area contributed by atoms with E-state index in [0.29, 0.717) is 12.1 Å². The lowest BCUT2D eigenvalue weighted by atomic mass is 9.97. The van der Waals surface area contributed by atoms with E-state index in [4.69, 9.17) is 18.0 Å². The first-order valence-corrected chi connectivity index (χ1v) is 18.0. The molecule has 0 saturated carbocycles. The molecule has 0 spiro atoms. The van der Waals surface area contributed by atoms with Crippen molar-refractivity contribution in [3.8, 4) is 0 Å². The van der Waals surface area contributed by atoms with E-state index in [1.807, 2.05) is 0 Å². The van der Waals surface area contributed by atoms with Crippen LogP contribution in [0.4, 0.5) is 0 Å². The van der Waals surface area contributed by atoms with Gasteiger partial charge in [0.25, 0.3) is 0 Å². The quantitative estimate of drug-likeness (QED) is 0.0385. The van der Waals surface area contributed by atoms with Crippen LogP contribution in [-0.4, -0.2) is 24.9 Å². The second-order valence-corrected chi connectivity index (χ2v) is 12.9. The molecule has 246 valence electrons. The number of hydrogen-bond acceptors (Lipinski definition) is 4. The average Bonchev–Trinajstić information content (AvgIpc) is 3.04. The number of thiocarbonyl (C=S) groups is 1. The number of nitrogens with zero attached hydrogens (tertiary/aromatic N) is 1. The maximum atomic E-state index is 5.67. The molecule has 2 atom stereocenters. The molecule has 5 nitrogen and oxygen atoms in total. The fraction of sp³-hybridized carbons (Fsp3) is 0.632. The van der Waals surface area contributed by atoms with Crippen LogP contribution in [0.2, 0.25) is 0 Å². The van der Waals surface area contributed by atoms with Gasteiger partial charge in [0.15, 0.2) is 5.11 Å². The molecular weight excluding hydrogens is 559 g/mol. The van der Waals surface area contributed by atoms with Crippen molar-refractivity contribution in [1.82, 2.24) is 16.1 Å². The Bertz CT molecular complexity index is 961. The Morgan fingerprint density at radius 3 is 1.41 bits per heavy atom. The van der Waals surface area contributed by atoms with Crippen molar-refractivity contribution in [2.45, 2.75) is 142 Å². The Kier molecular flexibility index (Phi) is 20.7. The molecular formula is C38H63N5S. The van der Waals surface area contributed by atoms with Gasteiger partial charge in [0.05, 0.1) is 0 Å². The summed E-state index contributed by atoms with van der Waals surface area (Å²) in [7, 11) is 4.17. The van der Waals surface area contributed by atoms with Crippen LogP contribution in [0.15, 0.2) is 53.6 Å². The highest BCUT2D eigenvalue weighted by Gasteiger charge is 2.11. The summed E-state index contributed by atoms with van der Waals surface area (Å²) in [5, 5.41) is 11.9. The predicted molar refractivity (Wildman–Crippen MR) is 196 cm³/mol. The molecule has 0 amide bonds. The Morgan fingerprint density at radius 2 is 1.05 bits per heavy atom. The zero-order valence-electron chi connectivity index (χ0n) is 28.4. The summed E-state index contributed by atoms with van der Waals surface area (Å²) in [5.41, 5.74) is 15.4. The van der Waals surface area contributed by atoms with Crippen LogP contribution in [0, 0.1) is 0 Å². The fourth-order valence-electron chi connectivity index (χ4n) is 5.98. The smallest absolute Gasteiger partial charge is 0.184 e. The molecule has 44 heavy (non-hydrogen) atoms. The molecule has 0 aliphatic heterocycles. The Labute approximate surface area is 275 Å². The largest absolute Gasteiger partial charge is 0.375 e. The van der Waals surface area contributed by atoms with Crippen molar-refractivity contribution in [2.75, 3.05) is 14.1 Å². The SMILES string of the molecule is CCCCc1ccc(C(CCCCCCC(CCCCCCC(NC)c2ccc(CCCC)cc2)=NNC(N)=S)NC)cc1. The number of nitrogens with one attached hydrogen (secondary N) is 3. The molecule has 0 saturated heterocycles. The number of aryl methyl sites for hydroxylation is 2. The van der Waals surface area contributed by atoms with Gasteiger partial charge < -0.3 is 16.4 Å². The number of hydrogen-bond donors (Lipinski definition) is 4. The molecule has 0 radical (unpaired) electrons. The Balaban J connectivity index is 1.65. The van der Waals surface area contributed by atoms with Gasteiger partial charge in [0.2, 0.25) is 0 Å². The standard InChI is InChI=1S/C38H63N5S/c1-5-7-17-31-23-27-33(28-24-31)36(40-3)21-15-11-9-13-19-35(42-43-38(39)44)20-14-10-12-16-22-37(41-4)34-29-25-32(26-30-34)18-8-6-2/h23-30,36-37,40-41H,5-22H2,1-4H3,(H3,39,43,44). The lowest BCUT2D eigenvalue weighted by molar-refractivity contribution is 0.501. The molecule has 2 rings (SSSR count). The van der Waals surface area contributed by atoms with Crippen molar-refractivity contribution in [3.05, 3.63) is 70.8 Å². The molecule has 0 fully saturated rings. The van der Waals surface area contributed by atoms with Gasteiger partial charge in [-0.1, -0.05) is 114 Å². The van der Waals surface area contributed by atoms with Crippen LogP contribution in [0.5, 0.6) is 0 Å². The summed E-state index contributed by atoms with van der Waals surface area (Å²) < 4.78 is 0. The van der Waals surface area contributed by atoms with E-state index in [2.05, 4.69) is 97.6 Å². The second-order valence-electron chi connectivity index (χ2n) is 12.4. The summed E-state index contributed by atoms with van der Waals surface area (Å²) >= 11 is 5.00. The second kappa shape index (κ2) is 24.0. The van der Waals surface area contributed by atoms with Crippen LogP contribution in [0.1, 0.15) is 151 Å². The number of nitrogens with two attached hydrogens (primary N) is 1. The minimum absolute atomic E-state index is 0.246. The van der Waals surface area contributed by atoms with Gasteiger partial charge in [-0.2, -0.15) is 5.10 Å². The highest BCUT2D eigenvalue weighted by atomic mass is 32.1. The molecule has 0 aliphatic rings. The van der Waals surface area contributed by atoms with E-state index < -0.39 is 0 Å². The molecule has 2 unspecified atom stereocenters. The van der Waals surface area contributed by atoms with Crippen molar-refractivity contribution in [1.29, 1.82) is 0 Å². The summed E-state index contributed by atoms with van der Waals surface area (Å²) in [4.78, 5) is 0. The minimum Gasteiger partial charge on any atom is -0.375 e. The fourth-order valence-corrected chi connectivity index (χ4v) is 6.03. The highest BCUT2D eigenvalue weighted by Crippen LogP contribution is 2.23. The van der Waals surface area contributed by atoms with E-state index in [0.717, 1.165) is 25.7 Å². The van der Waals surface area contributed by atoms with Gasteiger partial charge in [-0.3, -0.25) is 5.43 Å². The first kappa shape index (κ1) is 37.9.